The van der Waals surface area contributed by atoms with Crippen LogP contribution in [0.1, 0.15) is 19.8 Å². The van der Waals surface area contributed by atoms with E-state index in [1.807, 2.05) is 0 Å². The van der Waals surface area contributed by atoms with Crippen molar-refractivity contribution in [2.24, 2.45) is 11.8 Å². The van der Waals surface area contributed by atoms with E-state index in [4.69, 9.17) is 9.84 Å². The zero-order valence-corrected chi connectivity index (χ0v) is 8.46. The summed E-state index contributed by atoms with van der Waals surface area (Å²) < 4.78 is 5.28. The number of rotatable bonds is 6. The number of aliphatic hydroxyl groups is 1. The highest BCUT2D eigenvalue weighted by Crippen LogP contribution is 2.10. The molecular formula is C10H21NO2. The molecule has 1 rings (SSSR count). The second-order valence-electron chi connectivity index (χ2n) is 4.01. The molecule has 0 amide bonds. The molecule has 1 aliphatic rings. The van der Waals surface area contributed by atoms with Crippen LogP contribution in [-0.2, 0) is 4.74 Å². The third kappa shape index (κ3) is 4.60. The van der Waals surface area contributed by atoms with Crippen LogP contribution in [0.25, 0.3) is 0 Å². The molecule has 0 spiro atoms. The van der Waals surface area contributed by atoms with E-state index < -0.39 is 0 Å². The van der Waals surface area contributed by atoms with E-state index in [1.165, 1.54) is 6.42 Å². The van der Waals surface area contributed by atoms with Crippen LogP contribution in [0.3, 0.4) is 0 Å². The summed E-state index contributed by atoms with van der Waals surface area (Å²) in [5.74, 6) is 1.29. The van der Waals surface area contributed by atoms with Gasteiger partial charge in [0, 0.05) is 19.8 Å². The average Bonchev–Trinajstić information content (AvgIpc) is 2.57. The van der Waals surface area contributed by atoms with Crippen molar-refractivity contribution < 1.29 is 9.84 Å². The van der Waals surface area contributed by atoms with Gasteiger partial charge in [-0.2, -0.15) is 0 Å². The lowest BCUT2D eigenvalue weighted by atomic mass is 10.1. The Kier molecular flexibility index (Phi) is 5.35. The number of aliphatic hydroxyl groups excluding tert-OH is 1. The molecule has 0 aliphatic carbocycles. The van der Waals surface area contributed by atoms with Gasteiger partial charge in [-0.1, -0.05) is 6.92 Å². The fraction of sp³-hybridized carbons (Fsp3) is 1.00. The molecule has 1 aliphatic heterocycles. The summed E-state index contributed by atoms with van der Waals surface area (Å²) in [6, 6.07) is 0. The molecule has 3 nitrogen and oxygen atoms in total. The highest BCUT2D eigenvalue weighted by Gasteiger charge is 2.14. The monoisotopic (exact) mass is 187 g/mol. The van der Waals surface area contributed by atoms with E-state index >= 15 is 0 Å². The smallest absolute Gasteiger partial charge is 0.0507 e. The van der Waals surface area contributed by atoms with Gasteiger partial charge in [-0.25, -0.2) is 0 Å². The van der Waals surface area contributed by atoms with Gasteiger partial charge in [-0.3, -0.25) is 0 Å². The van der Waals surface area contributed by atoms with Crippen LogP contribution in [0.15, 0.2) is 0 Å². The summed E-state index contributed by atoms with van der Waals surface area (Å²) in [6.45, 7) is 6.39. The quantitative estimate of drug-likeness (QED) is 0.641. The predicted octanol–water partition coefficient (Wildman–Crippen LogP) is 0.631. The zero-order valence-electron chi connectivity index (χ0n) is 8.46. The molecule has 0 radical (unpaired) electrons. The second kappa shape index (κ2) is 6.35. The molecule has 2 N–H and O–H groups in total. The Morgan fingerprint density at radius 2 is 2.46 bits per heavy atom. The van der Waals surface area contributed by atoms with E-state index in [2.05, 4.69) is 12.2 Å². The minimum absolute atomic E-state index is 0.301. The molecule has 0 bridgehead atoms. The van der Waals surface area contributed by atoms with Gasteiger partial charge in [-0.15, -0.1) is 0 Å². The molecule has 78 valence electrons. The second-order valence-corrected chi connectivity index (χ2v) is 4.01. The maximum atomic E-state index is 8.70. The van der Waals surface area contributed by atoms with Gasteiger partial charge in [0.25, 0.3) is 0 Å². The molecule has 1 saturated heterocycles. The van der Waals surface area contributed by atoms with Crippen LogP contribution in [0.4, 0.5) is 0 Å². The highest BCUT2D eigenvalue weighted by atomic mass is 16.5. The molecule has 3 heteroatoms. The standard InChI is InChI=1S/C10H21NO2/c1-9(2-4-12)6-11-7-10-3-5-13-8-10/h9-12H,2-8H2,1H3. The Morgan fingerprint density at radius 1 is 1.62 bits per heavy atom. The average molecular weight is 187 g/mol. The Balaban J connectivity index is 1.93. The van der Waals surface area contributed by atoms with Crippen molar-refractivity contribution in [2.75, 3.05) is 32.9 Å². The van der Waals surface area contributed by atoms with E-state index in [1.54, 1.807) is 0 Å². The van der Waals surface area contributed by atoms with Crippen LogP contribution in [0, 0.1) is 11.8 Å². The van der Waals surface area contributed by atoms with Crippen molar-refractivity contribution >= 4 is 0 Å². The normalized spacial score (nSPS) is 24.9. The molecule has 1 fully saturated rings. The van der Waals surface area contributed by atoms with Gasteiger partial charge < -0.3 is 15.2 Å². The van der Waals surface area contributed by atoms with Gasteiger partial charge in [0.15, 0.2) is 0 Å². The lowest BCUT2D eigenvalue weighted by Gasteiger charge is -2.13. The maximum absolute atomic E-state index is 8.70. The summed E-state index contributed by atoms with van der Waals surface area (Å²) >= 11 is 0. The fourth-order valence-electron chi connectivity index (χ4n) is 1.60. The van der Waals surface area contributed by atoms with Crippen LogP contribution in [0.5, 0.6) is 0 Å². The first-order valence-corrected chi connectivity index (χ1v) is 5.22. The van der Waals surface area contributed by atoms with E-state index in [9.17, 15) is 0 Å². The topological polar surface area (TPSA) is 41.5 Å². The Hall–Kier alpha value is -0.120. The van der Waals surface area contributed by atoms with Gasteiger partial charge >= 0.3 is 0 Å². The van der Waals surface area contributed by atoms with Gasteiger partial charge in [0.05, 0.1) is 6.61 Å². The van der Waals surface area contributed by atoms with Crippen molar-refractivity contribution in [2.45, 2.75) is 19.8 Å². The molecule has 1 heterocycles. The summed E-state index contributed by atoms with van der Waals surface area (Å²) in [5.41, 5.74) is 0. The molecular weight excluding hydrogens is 166 g/mol. The Bertz CT molecular complexity index is 124. The maximum Gasteiger partial charge on any atom is 0.0507 e. The van der Waals surface area contributed by atoms with Gasteiger partial charge in [0.2, 0.25) is 0 Å². The van der Waals surface area contributed by atoms with Crippen LogP contribution in [0.2, 0.25) is 0 Å². The lowest BCUT2D eigenvalue weighted by Crippen LogP contribution is -2.27. The molecule has 0 aromatic heterocycles. The van der Waals surface area contributed by atoms with Gasteiger partial charge in [0.1, 0.15) is 0 Å². The molecule has 0 saturated carbocycles. The van der Waals surface area contributed by atoms with E-state index in [0.29, 0.717) is 18.4 Å². The number of ether oxygens (including phenoxy) is 1. The Labute approximate surface area is 80.5 Å². The number of hydrogen-bond donors (Lipinski definition) is 2. The summed E-state index contributed by atoms with van der Waals surface area (Å²) in [4.78, 5) is 0. The Morgan fingerprint density at radius 3 is 3.08 bits per heavy atom. The summed E-state index contributed by atoms with van der Waals surface area (Å²) in [6.07, 6.45) is 2.09. The first-order chi connectivity index (χ1) is 6.33. The van der Waals surface area contributed by atoms with Crippen molar-refractivity contribution in [3.63, 3.8) is 0 Å². The first kappa shape index (κ1) is 11.0. The molecule has 2 atom stereocenters. The third-order valence-electron chi connectivity index (χ3n) is 2.57. The lowest BCUT2D eigenvalue weighted by molar-refractivity contribution is 0.184. The van der Waals surface area contributed by atoms with E-state index in [0.717, 1.165) is 32.7 Å². The minimum atomic E-state index is 0.301. The van der Waals surface area contributed by atoms with Crippen molar-refractivity contribution in [1.82, 2.24) is 5.32 Å². The SMILES string of the molecule is CC(CCO)CNCC1CCOC1. The fourth-order valence-corrected chi connectivity index (χ4v) is 1.60. The van der Waals surface area contributed by atoms with E-state index in [-0.39, 0.29) is 0 Å². The molecule has 2 unspecified atom stereocenters. The molecule has 13 heavy (non-hydrogen) atoms. The van der Waals surface area contributed by atoms with Crippen LogP contribution >= 0.6 is 0 Å². The van der Waals surface area contributed by atoms with Crippen molar-refractivity contribution in [3.8, 4) is 0 Å². The highest BCUT2D eigenvalue weighted by molar-refractivity contribution is 4.67. The largest absolute Gasteiger partial charge is 0.396 e. The van der Waals surface area contributed by atoms with Crippen molar-refractivity contribution in [1.29, 1.82) is 0 Å². The summed E-state index contributed by atoms with van der Waals surface area (Å²) in [5, 5.41) is 12.1. The van der Waals surface area contributed by atoms with Crippen LogP contribution in [-0.4, -0.2) is 38.0 Å². The number of nitrogens with one attached hydrogen (secondary N) is 1. The molecule has 0 aromatic rings. The summed E-state index contributed by atoms with van der Waals surface area (Å²) in [7, 11) is 0. The predicted molar refractivity (Wildman–Crippen MR) is 52.7 cm³/mol. The first-order valence-electron chi connectivity index (χ1n) is 5.22. The number of hydrogen-bond acceptors (Lipinski definition) is 3. The van der Waals surface area contributed by atoms with Crippen molar-refractivity contribution in [3.05, 3.63) is 0 Å². The minimum Gasteiger partial charge on any atom is -0.396 e. The van der Waals surface area contributed by atoms with Crippen LogP contribution < -0.4 is 5.32 Å². The zero-order chi connectivity index (χ0) is 9.52. The third-order valence-corrected chi connectivity index (χ3v) is 2.57. The van der Waals surface area contributed by atoms with Gasteiger partial charge in [-0.05, 0) is 31.2 Å². The molecule has 0 aromatic carbocycles.